The average molecular weight is 351 g/mol. The molecule has 0 spiro atoms. The van der Waals surface area contributed by atoms with Crippen LogP contribution in [0.25, 0.3) is 0 Å². The molecule has 0 unspecified atom stereocenters. The molecule has 23 heavy (non-hydrogen) atoms. The van der Waals surface area contributed by atoms with Crippen molar-refractivity contribution in [3.8, 4) is 0 Å². The van der Waals surface area contributed by atoms with Crippen LogP contribution in [0.2, 0.25) is 0 Å². The number of ether oxygens (including phenoxy) is 1. The van der Waals surface area contributed by atoms with Crippen LogP contribution in [0.1, 0.15) is 33.4 Å². The van der Waals surface area contributed by atoms with Crippen molar-refractivity contribution in [1.82, 2.24) is 9.88 Å². The fraction of sp³-hybridized carbons (Fsp3) is 0.714. The molecule has 1 aromatic rings. The highest BCUT2D eigenvalue weighted by Gasteiger charge is 2.36. The minimum Gasteiger partial charge on any atom is -0.444 e. The van der Waals surface area contributed by atoms with E-state index in [2.05, 4.69) is 4.98 Å². The molecule has 1 aromatic heterocycles. The van der Waals surface area contributed by atoms with Crippen LogP contribution in [-0.2, 0) is 10.9 Å². The molecule has 0 N–H and O–H groups in total. The third-order valence-corrected chi connectivity index (χ3v) is 4.21. The SMILES string of the molecule is C[C@@H]1CN(c2nc(C(F)(F)F)cs2)CCN1C(=O)OC(C)(C)C. The Balaban J connectivity index is 2.01. The van der Waals surface area contributed by atoms with Crippen LogP contribution in [0.15, 0.2) is 5.38 Å². The van der Waals surface area contributed by atoms with E-state index in [-0.39, 0.29) is 6.04 Å². The summed E-state index contributed by atoms with van der Waals surface area (Å²) in [5.41, 5.74) is -1.45. The summed E-state index contributed by atoms with van der Waals surface area (Å²) in [6.45, 7) is 8.45. The van der Waals surface area contributed by atoms with Gasteiger partial charge in [0.25, 0.3) is 0 Å². The lowest BCUT2D eigenvalue weighted by Gasteiger charge is -2.40. The van der Waals surface area contributed by atoms with Gasteiger partial charge in [0.05, 0.1) is 0 Å². The van der Waals surface area contributed by atoms with Gasteiger partial charge in [-0.1, -0.05) is 0 Å². The summed E-state index contributed by atoms with van der Waals surface area (Å²) in [4.78, 5) is 19.1. The number of carbonyl (C=O) groups is 1. The molecule has 9 heteroatoms. The number of alkyl halides is 3. The van der Waals surface area contributed by atoms with Gasteiger partial charge in [-0.25, -0.2) is 9.78 Å². The molecule has 0 aromatic carbocycles. The average Bonchev–Trinajstić information content (AvgIpc) is 2.85. The number of amides is 1. The second-order valence-electron chi connectivity index (χ2n) is 6.48. The Bertz CT molecular complexity index is 568. The molecule has 2 rings (SSSR count). The topological polar surface area (TPSA) is 45.7 Å². The zero-order valence-electron chi connectivity index (χ0n) is 13.5. The van der Waals surface area contributed by atoms with Crippen molar-refractivity contribution < 1.29 is 22.7 Å². The Morgan fingerprint density at radius 2 is 2.00 bits per heavy atom. The van der Waals surface area contributed by atoms with E-state index in [1.807, 2.05) is 6.92 Å². The van der Waals surface area contributed by atoms with Gasteiger partial charge in [-0.2, -0.15) is 13.2 Å². The molecule has 1 amide bonds. The van der Waals surface area contributed by atoms with E-state index in [1.54, 1.807) is 30.6 Å². The number of anilines is 1. The molecule has 0 bridgehead atoms. The molecule has 1 saturated heterocycles. The van der Waals surface area contributed by atoms with Crippen molar-refractivity contribution in [2.24, 2.45) is 0 Å². The van der Waals surface area contributed by atoms with Gasteiger partial charge in [0.2, 0.25) is 0 Å². The van der Waals surface area contributed by atoms with Crippen molar-refractivity contribution in [3.05, 3.63) is 11.1 Å². The highest BCUT2D eigenvalue weighted by atomic mass is 32.1. The van der Waals surface area contributed by atoms with Crippen LogP contribution < -0.4 is 4.90 Å². The Labute approximate surface area is 137 Å². The molecule has 0 radical (unpaired) electrons. The summed E-state index contributed by atoms with van der Waals surface area (Å²) >= 11 is 0.965. The molecule has 0 aliphatic carbocycles. The van der Waals surface area contributed by atoms with E-state index in [0.717, 1.165) is 16.7 Å². The van der Waals surface area contributed by atoms with Gasteiger partial charge in [0.15, 0.2) is 10.8 Å². The first-order valence-electron chi connectivity index (χ1n) is 7.24. The molecule has 1 atom stereocenters. The van der Waals surface area contributed by atoms with E-state index < -0.39 is 23.6 Å². The molecule has 2 heterocycles. The lowest BCUT2D eigenvalue weighted by Crippen LogP contribution is -2.55. The Hall–Kier alpha value is -1.51. The molecule has 130 valence electrons. The monoisotopic (exact) mass is 351 g/mol. The molecule has 0 saturated carbocycles. The van der Waals surface area contributed by atoms with Crippen molar-refractivity contribution >= 4 is 22.6 Å². The largest absolute Gasteiger partial charge is 0.444 e. The molecule has 1 aliphatic heterocycles. The third kappa shape index (κ3) is 4.49. The number of rotatable bonds is 1. The van der Waals surface area contributed by atoms with Gasteiger partial charge >= 0.3 is 12.3 Å². The predicted molar refractivity (Wildman–Crippen MR) is 81.7 cm³/mol. The zero-order chi connectivity index (χ0) is 17.4. The van der Waals surface area contributed by atoms with E-state index in [0.29, 0.717) is 24.8 Å². The van der Waals surface area contributed by atoms with Gasteiger partial charge in [-0.15, -0.1) is 11.3 Å². The summed E-state index contributed by atoms with van der Waals surface area (Å²) < 4.78 is 43.2. The van der Waals surface area contributed by atoms with Gasteiger partial charge in [0, 0.05) is 31.1 Å². The maximum Gasteiger partial charge on any atom is 0.434 e. The first-order chi connectivity index (χ1) is 10.5. The summed E-state index contributed by atoms with van der Waals surface area (Å²) in [5.74, 6) is 0. The zero-order valence-corrected chi connectivity index (χ0v) is 14.3. The molecular formula is C14H20F3N3O2S. The normalized spacial score (nSPS) is 19.9. The van der Waals surface area contributed by atoms with E-state index in [9.17, 15) is 18.0 Å². The number of carbonyl (C=O) groups excluding carboxylic acids is 1. The summed E-state index contributed by atoms with van der Waals surface area (Å²) in [6, 6.07) is -0.170. The highest BCUT2D eigenvalue weighted by Crippen LogP contribution is 2.33. The van der Waals surface area contributed by atoms with Gasteiger partial charge in [0.1, 0.15) is 5.60 Å². The highest BCUT2D eigenvalue weighted by molar-refractivity contribution is 7.13. The summed E-state index contributed by atoms with van der Waals surface area (Å²) in [7, 11) is 0. The minimum absolute atomic E-state index is 0.170. The van der Waals surface area contributed by atoms with E-state index in [1.165, 1.54) is 0 Å². The predicted octanol–water partition coefficient (Wildman–Crippen LogP) is 3.61. The second-order valence-corrected chi connectivity index (χ2v) is 7.32. The maximum atomic E-state index is 12.6. The third-order valence-electron chi connectivity index (χ3n) is 3.31. The first-order valence-corrected chi connectivity index (χ1v) is 8.12. The van der Waals surface area contributed by atoms with Crippen molar-refractivity contribution in [3.63, 3.8) is 0 Å². The fourth-order valence-electron chi connectivity index (χ4n) is 2.26. The number of nitrogens with zero attached hydrogens (tertiary/aromatic N) is 3. The Morgan fingerprint density at radius 1 is 1.35 bits per heavy atom. The first kappa shape index (κ1) is 17.8. The molecule has 1 fully saturated rings. The number of hydrogen-bond acceptors (Lipinski definition) is 5. The van der Waals surface area contributed by atoms with E-state index >= 15 is 0 Å². The minimum atomic E-state index is -4.43. The quantitative estimate of drug-likeness (QED) is 0.775. The second kappa shape index (κ2) is 6.18. The van der Waals surface area contributed by atoms with Crippen LogP contribution in [0.3, 0.4) is 0 Å². The summed E-state index contributed by atoms with van der Waals surface area (Å²) in [6.07, 6.45) is -4.83. The Morgan fingerprint density at radius 3 is 2.48 bits per heavy atom. The van der Waals surface area contributed by atoms with Crippen LogP contribution in [0, 0.1) is 0 Å². The van der Waals surface area contributed by atoms with Crippen LogP contribution in [0.5, 0.6) is 0 Å². The lowest BCUT2D eigenvalue weighted by atomic mass is 10.2. The molecule has 1 aliphatic rings. The van der Waals surface area contributed by atoms with Crippen LogP contribution >= 0.6 is 11.3 Å². The van der Waals surface area contributed by atoms with Gasteiger partial charge in [-0.3, -0.25) is 0 Å². The lowest BCUT2D eigenvalue weighted by molar-refractivity contribution is -0.140. The number of piperazine rings is 1. The van der Waals surface area contributed by atoms with E-state index in [4.69, 9.17) is 4.74 Å². The van der Waals surface area contributed by atoms with Crippen molar-refractivity contribution in [1.29, 1.82) is 0 Å². The molecule has 5 nitrogen and oxygen atoms in total. The van der Waals surface area contributed by atoms with Gasteiger partial charge < -0.3 is 14.5 Å². The van der Waals surface area contributed by atoms with Crippen LogP contribution in [0.4, 0.5) is 23.1 Å². The molecular weight excluding hydrogens is 331 g/mol. The smallest absolute Gasteiger partial charge is 0.434 e. The van der Waals surface area contributed by atoms with Gasteiger partial charge in [-0.05, 0) is 27.7 Å². The standard InChI is InChI=1S/C14H20F3N3O2S/c1-9-7-19(11-18-10(8-23-11)14(15,16)17)5-6-20(9)12(21)22-13(2,3)4/h8-9H,5-7H2,1-4H3/t9-/m1/s1. The van der Waals surface area contributed by atoms with Crippen LogP contribution in [-0.4, -0.2) is 47.3 Å². The van der Waals surface area contributed by atoms with Crippen molar-refractivity contribution in [2.75, 3.05) is 24.5 Å². The Kier molecular flexibility index (Phi) is 4.79. The number of hydrogen-bond donors (Lipinski definition) is 0. The maximum absolute atomic E-state index is 12.6. The number of aromatic nitrogens is 1. The number of halogens is 3. The number of thiazole rings is 1. The summed E-state index contributed by atoms with van der Waals surface area (Å²) in [5, 5.41) is 1.34. The van der Waals surface area contributed by atoms with Crippen molar-refractivity contribution in [2.45, 2.75) is 45.5 Å². The fourth-order valence-corrected chi connectivity index (χ4v) is 3.13.